The third-order valence-electron chi connectivity index (χ3n) is 4.21. The Bertz CT molecular complexity index is 569. The third-order valence-corrected chi connectivity index (χ3v) is 4.21. The van der Waals surface area contributed by atoms with Crippen LogP contribution in [0.1, 0.15) is 25.8 Å². The summed E-state index contributed by atoms with van der Waals surface area (Å²) >= 11 is 0. The fourth-order valence-corrected chi connectivity index (χ4v) is 3.18. The minimum absolute atomic E-state index is 0.0574. The van der Waals surface area contributed by atoms with Crippen molar-refractivity contribution in [1.29, 1.82) is 0 Å². The van der Waals surface area contributed by atoms with Crippen molar-refractivity contribution in [2.75, 3.05) is 13.2 Å². The summed E-state index contributed by atoms with van der Waals surface area (Å²) in [6, 6.07) is 9.84. The summed E-state index contributed by atoms with van der Waals surface area (Å²) in [5.74, 6) is 0.335. The monoisotopic (exact) mass is 301 g/mol. The number of benzene rings is 1. The van der Waals surface area contributed by atoms with Gasteiger partial charge in [0.25, 0.3) is 0 Å². The van der Waals surface area contributed by atoms with Gasteiger partial charge in [0, 0.05) is 18.7 Å². The Kier molecular flexibility index (Phi) is 4.22. The Morgan fingerprint density at radius 1 is 1.32 bits per heavy atom. The molecule has 5 nitrogen and oxygen atoms in total. The van der Waals surface area contributed by atoms with E-state index in [1.54, 1.807) is 0 Å². The molecular weight excluding hydrogens is 278 g/mol. The minimum Gasteiger partial charge on any atom is -0.445 e. The van der Waals surface area contributed by atoms with Crippen molar-refractivity contribution in [3.05, 3.63) is 47.3 Å². The van der Waals surface area contributed by atoms with Crippen molar-refractivity contribution in [2.45, 2.75) is 32.9 Å². The quantitative estimate of drug-likeness (QED) is 0.900. The lowest BCUT2D eigenvalue weighted by Crippen LogP contribution is -2.49. The van der Waals surface area contributed by atoms with Gasteiger partial charge in [-0.1, -0.05) is 44.2 Å². The van der Waals surface area contributed by atoms with E-state index in [1.807, 2.05) is 35.2 Å². The van der Waals surface area contributed by atoms with Crippen molar-refractivity contribution in [1.82, 2.24) is 15.5 Å². The summed E-state index contributed by atoms with van der Waals surface area (Å²) in [5.41, 5.74) is 3.40. The molecule has 1 aromatic rings. The highest BCUT2D eigenvalue weighted by Gasteiger charge is 2.37. The number of hydrogen-bond acceptors (Lipinski definition) is 4. The van der Waals surface area contributed by atoms with Crippen LogP contribution < -0.4 is 10.6 Å². The van der Waals surface area contributed by atoms with Gasteiger partial charge in [-0.15, -0.1) is 0 Å². The third kappa shape index (κ3) is 2.89. The first-order valence-corrected chi connectivity index (χ1v) is 7.85. The number of amides is 1. The molecule has 2 N–H and O–H groups in total. The summed E-state index contributed by atoms with van der Waals surface area (Å²) in [6.45, 7) is 6.04. The van der Waals surface area contributed by atoms with Crippen LogP contribution in [0, 0.1) is 5.92 Å². The van der Waals surface area contributed by atoms with Crippen LogP contribution in [0.25, 0.3) is 0 Å². The smallest absolute Gasteiger partial charge is 0.410 e. The Morgan fingerprint density at radius 3 is 2.82 bits per heavy atom. The molecule has 2 aliphatic heterocycles. The molecule has 118 valence electrons. The number of nitrogens with zero attached hydrogens (tertiary/aromatic N) is 1. The number of carbonyl (C=O) groups excluding carboxylic acids is 1. The summed E-state index contributed by atoms with van der Waals surface area (Å²) in [7, 11) is 0. The first-order valence-electron chi connectivity index (χ1n) is 7.85. The maximum atomic E-state index is 12.5. The van der Waals surface area contributed by atoms with Gasteiger partial charge in [-0.2, -0.15) is 0 Å². The van der Waals surface area contributed by atoms with Crippen molar-refractivity contribution < 1.29 is 9.53 Å². The number of carbonyl (C=O) groups is 1. The molecule has 0 radical (unpaired) electrons. The average molecular weight is 301 g/mol. The SMILES string of the molecule is CC(C)C1C2=C(CCN1C(=O)OCc1ccccc1)NCN2. The normalized spacial score (nSPS) is 20.5. The fourth-order valence-electron chi connectivity index (χ4n) is 3.18. The molecule has 0 bridgehead atoms. The molecule has 0 aromatic heterocycles. The zero-order chi connectivity index (χ0) is 15.5. The molecule has 1 aromatic carbocycles. The van der Waals surface area contributed by atoms with E-state index in [-0.39, 0.29) is 12.1 Å². The van der Waals surface area contributed by atoms with Crippen LogP contribution >= 0.6 is 0 Å². The van der Waals surface area contributed by atoms with E-state index in [4.69, 9.17) is 4.74 Å². The lowest BCUT2D eigenvalue weighted by atomic mass is 9.94. The van der Waals surface area contributed by atoms with E-state index in [2.05, 4.69) is 24.5 Å². The lowest BCUT2D eigenvalue weighted by Gasteiger charge is -2.38. The van der Waals surface area contributed by atoms with Crippen LogP contribution in [0.15, 0.2) is 41.7 Å². The van der Waals surface area contributed by atoms with Crippen molar-refractivity contribution >= 4 is 6.09 Å². The van der Waals surface area contributed by atoms with Crippen LogP contribution in [0.3, 0.4) is 0 Å². The molecule has 0 saturated heterocycles. The molecule has 0 spiro atoms. The van der Waals surface area contributed by atoms with E-state index in [0.717, 1.165) is 24.4 Å². The predicted molar refractivity (Wildman–Crippen MR) is 84.7 cm³/mol. The Hall–Kier alpha value is -2.17. The molecular formula is C17H23N3O2. The molecule has 1 atom stereocenters. The van der Waals surface area contributed by atoms with Crippen LogP contribution in [0.5, 0.6) is 0 Å². The average Bonchev–Trinajstić information content (AvgIpc) is 3.00. The Morgan fingerprint density at radius 2 is 2.09 bits per heavy atom. The lowest BCUT2D eigenvalue weighted by molar-refractivity contribution is 0.0739. The van der Waals surface area contributed by atoms with Crippen LogP contribution in [0.2, 0.25) is 0 Å². The zero-order valence-corrected chi connectivity index (χ0v) is 13.1. The minimum atomic E-state index is -0.234. The topological polar surface area (TPSA) is 53.6 Å². The van der Waals surface area contributed by atoms with Gasteiger partial charge < -0.3 is 15.4 Å². The molecule has 1 unspecified atom stereocenters. The molecule has 5 heteroatoms. The number of hydrogen-bond donors (Lipinski definition) is 2. The van der Waals surface area contributed by atoms with Gasteiger partial charge in [-0.25, -0.2) is 4.79 Å². The van der Waals surface area contributed by atoms with Crippen molar-refractivity contribution in [3.8, 4) is 0 Å². The van der Waals surface area contributed by atoms with Gasteiger partial charge in [0.15, 0.2) is 0 Å². The van der Waals surface area contributed by atoms with Crippen molar-refractivity contribution in [2.24, 2.45) is 5.92 Å². The van der Waals surface area contributed by atoms with E-state index >= 15 is 0 Å². The van der Waals surface area contributed by atoms with Gasteiger partial charge in [-0.3, -0.25) is 4.90 Å². The number of nitrogens with one attached hydrogen (secondary N) is 2. The summed E-state index contributed by atoms with van der Waals surface area (Å²) in [4.78, 5) is 14.4. The Labute approximate surface area is 131 Å². The molecule has 0 saturated carbocycles. The highest BCUT2D eigenvalue weighted by Crippen LogP contribution is 2.28. The summed E-state index contributed by atoms with van der Waals surface area (Å²) in [5, 5.41) is 6.72. The maximum absolute atomic E-state index is 12.5. The molecule has 0 fully saturated rings. The number of rotatable bonds is 3. The second-order valence-corrected chi connectivity index (χ2v) is 6.09. The Balaban J connectivity index is 1.69. The van der Waals surface area contributed by atoms with Gasteiger partial charge >= 0.3 is 6.09 Å². The molecule has 3 rings (SSSR count). The molecule has 0 aliphatic carbocycles. The van der Waals surface area contributed by atoms with E-state index in [0.29, 0.717) is 19.1 Å². The molecule has 1 amide bonds. The largest absolute Gasteiger partial charge is 0.445 e. The predicted octanol–water partition coefficient (Wildman–Crippen LogP) is 2.42. The second-order valence-electron chi connectivity index (χ2n) is 6.09. The van der Waals surface area contributed by atoms with Crippen LogP contribution in [-0.4, -0.2) is 30.2 Å². The second kappa shape index (κ2) is 6.30. The van der Waals surface area contributed by atoms with E-state index in [1.165, 1.54) is 5.70 Å². The van der Waals surface area contributed by atoms with Gasteiger partial charge in [0.2, 0.25) is 0 Å². The maximum Gasteiger partial charge on any atom is 0.410 e. The number of ether oxygens (including phenoxy) is 1. The van der Waals surface area contributed by atoms with E-state index < -0.39 is 0 Å². The van der Waals surface area contributed by atoms with Crippen LogP contribution in [-0.2, 0) is 11.3 Å². The summed E-state index contributed by atoms with van der Waals surface area (Å²) in [6.07, 6.45) is 0.620. The van der Waals surface area contributed by atoms with Gasteiger partial charge in [0.1, 0.15) is 6.61 Å². The summed E-state index contributed by atoms with van der Waals surface area (Å²) < 4.78 is 5.51. The highest BCUT2D eigenvalue weighted by atomic mass is 16.6. The first-order chi connectivity index (χ1) is 10.7. The first kappa shape index (κ1) is 14.8. The van der Waals surface area contributed by atoms with Gasteiger partial charge in [-0.05, 0) is 11.5 Å². The highest BCUT2D eigenvalue weighted by molar-refractivity contribution is 5.69. The molecule has 2 heterocycles. The zero-order valence-electron chi connectivity index (χ0n) is 13.1. The van der Waals surface area contributed by atoms with Crippen molar-refractivity contribution in [3.63, 3.8) is 0 Å². The van der Waals surface area contributed by atoms with E-state index in [9.17, 15) is 4.79 Å². The van der Waals surface area contributed by atoms with Crippen LogP contribution in [0.4, 0.5) is 4.79 Å². The molecule has 2 aliphatic rings. The van der Waals surface area contributed by atoms with Gasteiger partial charge in [0.05, 0.1) is 18.4 Å². The fraction of sp³-hybridized carbons (Fsp3) is 0.471. The molecule has 22 heavy (non-hydrogen) atoms. The standard InChI is InChI=1S/C17H23N3O2/c1-12(2)16-15-14(18-11-19-15)8-9-20(16)17(21)22-10-13-6-4-3-5-7-13/h3-7,12,16,18-19H,8-11H2,1-2H3.